The van der Waals surface area contributed by atoms with E-state index in [1.54, 1.807) is 5.38 Å². The molecule has 0 amide bonds. The molecule has 1 rings (SSSR count). The molecule has 0 aliphatic heterocycles. The van der Waals surface area contributed by atoms with Gasteiger partial charge in [-0.3, -0.25) is 0 Å². The summed E-state index contributed by atoms with van der Waals surface area (Å²) in [5.74, 6) is -1.07. The molecular weight excluding hydrogens is 166 g/mol. The Kier molecular flexibility index (Phi) is 2.10. The van der Waals surface area contributed by atoms with Crippen LogP contribution in [0.5, 0.6) is 0 Å². The van der Waals surface area contributed by atoms with Crippen LogP contribution in [0.2, 0.25) is 0 Å². The number of carboxylic acids is 1. The van der Waals surface area contributed by atoms with Gasteiger partial charge in [0.15, 0.2) is 0 Å². The highest BCUT2D eigenvalue weighted by Crippen LogP contribution is 2.24. The highest BCUT2D eigenvalue weighted by atomic mass is 32.1. The Morgan fingerprint density at radius 1 is 1.82 bits per heavy atom. The van der Waals surface area contributed by atoms with Crippen molar-refractivity contribution in [2.45, 2.75) is 0 Å². The monoisotopic (exact) mass is 169 g/mol. The van der Waals surface area contributed by atoms with Crippen LogP contribution in [-0.4, -0.2) is 11.1 Å². The summed E-state index contributed by atoms with van der Waals surface area (Å²) < 4.78 is 0. The molecule has 0 aromatic carbocycles. The van der Waals surface area contributed by atoms with Crippen molar-refractivity contribution in [2.24, 2.45) is 5.11 Å². The van der Waals surface area contributed by atoms with Crippen LogP contribution in [0.1, 0.15) is 9.67 Å². The largest absolute Gasteiger partial charge is 0.477 e. The number of azide groups is 1. The predicted molar refractivity (Wildman–Crippen MR) is 40.1 cm³/mol. The van der Waals surface area contributed by atoms with Crippen molar-refractivity contribution >= 4 is 23.0 Å². The number of hydrogen-bond donors (Lipinski definition) is 1. The summed E-state index contributed by atoms with van der Waals surface area (Å²) in [5.41, 5.74) is 8.19. The molecule has 1 aromatic heterocycles. The van der Waals surface area contributed by atoms with Crippen LogP contribution < -0.4 is 0 Å². The number of nitrogens with zero attached hydrogens (tertiary/aromatic N) is 3. The summed E-state index contributed by atoms with van der Waals surface area (Å²) in [6, 6.07) is 1.47. The van der Waals surface area contributed by atoms with E-state index < -0.39 is 5.97 Å². The number of carboxylic acid groups (broad SMARTS) is 1. The number of carbonyl (C=O) groups is 1. The van der Waals surface area contributed by atoms with Crippen LogP contribution in [0.15, 0.2) is 16.6 Å². The first-order chi connectivity index (χ1) is 5.25. The van der Waals surface area contributed by atoms with Crippen molar-refractivity contribution in [3.63, 3.8) is 0 Å². The average Bonchev–Trinajstić information content (AvgIpc) is 2.36. The van der Waals surface area contributed by atoms with Gasteiger partial charge in [-0.2, -0.15) is 0 Å². The Morgan fingerprint density at radius 3 is 3.09 bits per heavy atom. The van der Waals surface area contributed by atoms with Crippen molar-refractivity contribution in [1.82, 2.24) is 0 Å². The van der Waals surface area contributed by atoms with E-state index in [9.17, 15) is 4.79 Å². The third-order valence-corrected chi connectivity index (χ3v) is 1.88. The maximum Gasteiger partial charge on any atom is 0.346 e. The molecule has 56 valence electrons. The Labute approximate surface area is 65.5 Å². The fourth-order valence-electron chi connectivity index (χ4n) is 0.589. The van der Waals surface area contributed by atoms with Crippen LogP contribution in [0, 0.1) is 0 Å². The minimum absolute atomic E-state index is 0.0720. The molecule has 1 N–H and O–H groups in total. The predicted octanol–water partition coefficient (Wildman–Crippen LogP) is 2.39. The van der Waals surface area contributed by atoms with Gasteiger partial charge in [-0.1, -0.05) is 5.11 Å². The lowest BCUT2D eigenvalue weighted by Gasteiger charge is -1.86. The standard InChI is InChI=1S/C5H3N3O2S/c6-8-7-3-1-2-11-4(3)5(9)10/h1-2H,(H,9,10). The topological polar surface area (TPSA) is 86.1 Å². The van der Waals surface area contributed by atoms with Gasteiger partial charge in [-0.05, 0) is 17.0 Å². The van der Waals surface area contributed by atoms with E-state index in [1.807, 2.05) is 0 Å². The zero-order chi connectivity index (χ0) is 8.27. The van der Waals surface area contributed by atoms with Crippen molar-refractivity contribution in [2.75, 3.05) is 0 Å². The zero-order valence-electron chi connectivity index (χ0n) is 5.26. The van der Waals surface area contributed by atoms with Crippen LogP contribution in [0.4, 0.5) is 5.69 Å². The normalized spacial score (nSPS) is 8.73. The highest BCUT2D eigenvalue weighted by Gasteiger charge is 2.08. The summed E-state index contributed by atoms with van der Waals surface area (Å²) in [5, 5.41) is 13.3. The van der Waals surface area contributed by atoms with Gasteiger partial charge in [0.05, 0.1) is 5.69 Å². The summed E-state index contributed by atoms with van der Waals surface area (Å²) in [6.07, 6.45) is 0. The Morgan fingerprint density at radius 2 is 2.55 bits per heavy atom. The second-order valence-electron chi connectivity index (χ2n) is 1.63. The third-order valence-electron chi connectivity index (χ3n) is 0.991. The Balaban J connectivity index is 3.15. The minimum atomic E-state index is -1.07. The molecule has 0 saturated heterocycles. The second kappa shape index (κ2) is 3.05. The van der Waals surface area contributed by atoms with Crippen molar-refractivity contribution in [3.05, 3.63) is 26.8 Å². The molecule has 5 nitrogen and oxygen atoms in total. The van der Waals surface area contributed by atoms with E-state index in [4.69, 9.17) is 10.6 Å². The molecule has 0 radical (unpaired) electrons. The molecule has 0 atom stereocenters. The van der Waals surface area contributed by atoms with Gasteiger partial charge < -0.3 is 5.11 Å². The minimum Gasteiger partial charge on any atom is -0.477 e. The first-order valence-electron chi connectivity index (χ1n) is 2.61. The SMILES string of the molecule is [N-]=[N+]=Nc1ccsc1C(=O)O. The fourth-order valence-corrected chi connectivity index (χ4v) is 1.25. The molecule has 0 spiro atoms. The third kappa shape index (κ3) is 1.49. The van der Waals surface area contributed by atoms with E-state index in [0.717, 1.165) is 11.3 Å². The molecule has 1 heterocycles. The molecular formula is C5H3N3O2S. The lowest BCUT2D eigenvalue weighted by Crippen LogP contribution is -1.90. The number of hydrogen-bond acceptors (Lipinski definition) is 3. The molecule has 1 aromatic rings. The van der Waals surface area contributed by atoms with Gasteiger partial charge in [0, 0.05) is 4.91 Å². The average molecular weight is 169 g/mol. The van der Waals surface area contributed by atoms with Crippen molar-refractivity contribution < 1.29 is 9.90 Å². The van der Waals surface area contributed by atoms with E-state index in [2.05, 4.69) is 10.0 Å². The van der Waals surface area contributed by atoms with E-state index >= 15 is 0 Å². The van der Waals surface area contributed by atoms with E-state index in [0.29, 0.717) is 0 Å². The number of aromatic carboxylic acids is 1. The van der Waals surface area contributed by atoms with Gasteiger partial charge in [-0.15, -0.1) is 11.3 Å². The second-order valence-corrected chi connectivity index (χ2v) is 2.55. The van der Waals surface area contributed by atoms with Gasteiger partial charge in [0.25, 0.3) is 0 Å². The van der Waals surface area contributed by atoms with E-state index in [-0.39, 0.29) is 10.6 Å². The lowest BCUT2D eigenvalue weighted by molar-refractivity contribution is 0.0703. The Hall–Kier alpha value is -1.52. The first-order valence-corrected chi connectivity index (χ1v) is 3.49. The first kappa shape index (κ1) is 7.59. The van der Waals surface area contributed by atoms with E-state index in [1.165, 1.54) is 6.07 Å². The molecule has 6 heteroatoms. The maximum atomic E-state index is 10.4. The van der Waals surface area contributed by atoms with Gasteiger partial charge in [0.2, 0.25) is 0 Å². The van der Waals surface area contributed by atoms with Crippen LogP contribution >= 0.6 is 11.3 Å². The van der Waals surface area contributed by atoms with Gasteiger partial charge >= 0.3 is 5.97 Å². The molecule has 0 aliphatic carbocycles. The Bertz CT molecular complexity index is 310. The molecule has 0 aliphatic rings. The highest BCUT2D eigenvalue weighted by molar-refractivity contribution is 7.12. The maximum absolute atomic E-state index is 10.4. The summed E-state index contributed by atoms with van der Waals surface area (Å²) in [7, 11) is 0. The molecule has 0 unspecified atom stereocenters. The molecule has 0 fully saturated rings. The zero-order valence-corrected chi connectivity index (χ0v) is 6.08. The number of thiophene rings is 1. The van der Waals surface area contributed by atoms with Gasteiger partial charge in [0.1, 0.15) is 4.88 Å². The smallest absolute Gasteiger partial charge is 0.346 e. The van der Waals surface area contributed by atoms with Crippen LogP contribution in [-0.2, 0) is 0 Å². The molecule has 0 saturated carbocycles. The number of rotatable bonds is 2. The van der Waals surface area contributed by atoms with Crippen molar-refractivity contribution in [1.29, 1.82) is 0 Å². The lowest BCUT2D eigenvalue weighted by atomic mass is 10.4. The summed E-state index contributed by atoms with van der Waals surface area (Å²) >= 11 is 1.03. The van der Waals surface area contributed by atoms with Crippen molar-refractivity contribution in [3.8, 4) is 0 Å². The van der Waals surface area contributed by atoms with Gasteiger partial charge in [-0.25, -0.2) is 4.79 Å². The quantitative estimate of drug-likeness (QED) is 0.418. The fraction of sp³-hybridized carbons (Fsp3) is 0. The molecule has 0 bridgehead atoms. The van der Waals surface area contributed by atoms with Crippen LogP contribution in [0.25, 0.3) is 10.4 Å². The molecule has 11 heavy (non-hydrogen) atoms. The summed E-state index contributed by atoms with van der Waals surface area (Å²) in [4.78, 5) is 12.9. The van der Waals surface area contributed by atoms with Crippen LogP contribution in [0.3, 0.4) is 0 Å². The summed E-state index contributed by atoms with van der Waals surface area (Å²) in [6.45, 7) is 0.